The van der Waals surface area contributed by atoms with E-state index < -0.39 is 13.9 Å². The Hall–Kier alpha value is -1.80. The highest BCUT2D eigenvalue weighted by Crippen LogP contribution is 2.38. The van der Waals surface area contributed by atoms with Crippen molar-refractivity contribution in [2.45, 2.75) is 283 Å². The number of allylic oxidation sites excluding steroid dienone is 10. The lowest BCUT2D eigenvalue weighted by Gasteiger charge is -2.28. The molecule has 0 bridgehead atoms. The number of ether oxygens (including phenoxy) is 2. The average molecular weight is 1030 g/mol. The van der Waals surface area contributed by atoms with E-state index in [1.807, 2.05) is 21.1 Å². The smallest absolute Gasteiger partial charge is 0.306 e. The molecule has 0 saturated heterocycles. The van der Waals surface area contributed by atoms with Gasteiger partial charge in [0.2, 0.25) is 0 Å². The van der Waals surface area contributed by atoms with Crippen molar-refractivity contribution < 1.29 is 37.3 Å². The second kappa shape index (κ2) is 55.4. The lowest BCUT2D eigenvalue weighted by Crippen LogP contribution is -2.37. The summed E-state index contributed by atoms with van der Waals surface area (Å²) >= 11 is 0. The number of likely N-dealkylation sites (N-methyl/N-ethyl adjacent to an activating group) is 1. The molecule has 72 heavy (non-hydrogen) atoms. The molecule has 0 aliphatic rings. The van der Waals surface area contributed by atoms with Crippen molar-refractivity contribution in [3.63, 3.8) is 0 Å². The lowest BCUT2D eigenvalue weighted by atomic mass is 10.0. The third kappa shape index (κ3) is 59.1. The molecule has 422 valence electrons. The summed E-state index contributed by atoms with van der Waals surface area (Å²) in [6.45, 7) is 5.34. The van der Waals surface area contributed by atoms with Crippen LogP contribution in [-0.2, 0) is 27.9 Å². The Kier molecular flexibility index (Phi) is 54.0. The van der Waals surface area contributed by atoms with Gasteiger partial charge in [0.1, 0.15) is 19.3 Å². The monoisotopic (exact) mass is 1030 g/mol. The number of phosphoric acid groups is 1. The summed E-state index contributed by atoms with van der Waals surface area (Å²) < 4.78 is 34.9. The fourth-order valence-electron chi connectivity index (χ4n) is 8.69. The minimum atomic E-state index is -4.54. The van der Waals surface area contributed by atoms with Gasteiger partial charge >= 0.3 is 5.97 Å². The molecule has 8 nitrogen and oxygen atoms in total. The third-order valence-corrected chi connectivity index (χ3v) is 14.3. The Bertz CT molecular complexity index is 1340. The van der Waals surface area contributed by atoms with Gasteiger partial charge in [0, 0.05) is 13.0 Å². The number of carbonyl (C=O) groups is 1. The van der Waals surface area contributed by atoms with Crippen molar-refractivity contribution in [2.75, 3.05) is 54.1 Å². The van der Waals surface area contributed by atoms with Crippen LogP contribution in [0.1, 0.15) is 277 Å². The Morgan fingerprint density at radius 1 is 0.444 bits per heavy atom. The fourth-order valence-corrected chi connectivity index (χ4v) is 9.42. The van der Waals surface area contributed by atoms with Crippen LogP contribution >= 0.6 is 7.82 Å². The molecule has 0 aromatic carbocycles. The zero-order valence-corrected chi connectivity index (χ0v) is 49.0. The number of carbonyl (C=O) groups excluding carboxylic acids is 1. The molecule has 0 aliphatic heterocycles. The molecule has 0 aliphatic carbocycles. The zero-order valence-electron chi connectivity index (χ0n) is 48.1. The van der Waals surface area contributed by atoms with Gasteiger partial charge in [-0.2, -0.15) is 0 Å². The Morgan fingerprint density at radius 2 is 0.806 bits per heavy atom. The van der Waals surface area contributed by atoms with Crippen LogP contribution in [0.5, 0.6) is 0 Å². The second-order valence-corrected chi connectivity index (χ2v) is 23.1. The van der Waals surface area contributed by atoms with Gasteiger partial charge in [-0.3, -0.25) is 9.36 Å². The summed E-state index contributed by atoms with van der Waals surface area (Å²) in [6.07, 6.45) is 72.7. The molecule has 0 fully saturated rings. The van der Waals surface area contributed by atoms with Gasteiger partial charge in [-0.15, -0.1) is 0 Å². The van der Waals surface area contributed by atoms with Crippen molar-refractivity contribution in [3.8, 4) is 0 Å². The van der Waals surface area contributed by atoms with E-state index in [-0.39, 0.29) is 25.8 Å². The van der Waals surface area contributed by atoms with Crippen molar-refractivity contribution in [1.82, 2.24) is 0 Å². The fraction of sp³-hybridized carbons (Fsp3) is 0.825. The standard InChI is InChI=1S/C63H118NO7P/c1-6-8-10-12-14-16-18-20-22-24-26-28-30-32-33-35-37-39-41-43-45-47-49-51-53-55-58-68-60-62(61-70-72(66,67)69-59-57-64(3,4)5)71-63(65)56-54-52-50-48-46-44-42-40-38-36-34-31-29-27-25-23-21-19-17-15-13-11-9-7-2/h8,10,14,16,20,22,26,28,32-33,62H,6-7,9,11-13,15,17-19,21,23-25,27,29-31,34-61H2,1-5H3/b10-8-,16-14-,22-20-,28-26-,33-32-. The van der Waals surface area contributed by atoms with Crippen LogP contribution in [0.15, 0.2) is 60.8 Å². The molecule has 0 radical (unpaired) electrons. The third-order valence-electron chi connectivity index (χ3n) is 13.3. The molecule has 0 heterocycles. The van der Waals surface area contributed by atoms with Crippen LogP contribution in [0.3, 0.4) is 0 Å². The largest absolute Gasteiger partial charge is 0.756 e. The van der Waals surface area contributed by atoms with E-state index in [0.29, 0.717) is 24.1 Å². The Morgan fingerprint density at radius 3 is 1.21 bits per heavy atom. The van der Waals surface area contributed by atoms with Gasteiger partial charge in [0.25, 0.3) is 7.82 Å². The molecule has 0 saturated carbocycles. The minimum Gasteiger partial charge on any atom is -0.756 e. The number of esters is 1. The van der Waals surface area contributed by atoms with Crippen LogP contribution in [-0.4, -0.2) is 70.7 Å². The van der Waals surface area contributed by atoms with Gasteiger partial charge in [0.15, 0.2) is 0 Å². The van der Waals surface area contributed by atoms with Crippen LogP contribution in [0.25, 0.3) is 0 Å². The predicted molar refractivity (Wildman–Crippen MR) is 309 cm³/mol. The van der Waals surface area contributed by atoms with Crippen molar-refractivity contribution in [2.24, 2.45) is 0 Å². The zero-order chi connectivity index (χ0) is 52.6. The molecular weight excluding hydrogens is 914 g/mol. The Balaban J connectivity index is 4.04. The molecule has 0 spiro atoms. The highest BCUT2D eigenvalue weighted by atomic mass is 31.2. The van der Waals surface area contributed by atoms with E-state index in [1.54, 1.807) is 0 Å². The highest BCUT2D eigenvalue weighted by Gasteiger charge is 2.20. The van der Waals surface area contributed by atoms with Crippen molar-refractivity contribution >= 4 is 13.8 Å². The van der Waals surface area contributed by atoms with E-state index in [4.69, 9.17) is 18.5 Å². The number of unbranched alkanes of at least 4 members (excludes halogenated alkanes) is 33. The predicted octanol–water partition coefficient (Wildman–Crippen LogP) is 18.9. The van der Waals surface area contributed by atoms with Crippen molar-refractivity contribution in [1.29, 1.82) is 0 Å². The van der Waals surface area contributed by atoms with Crippen LogP contribution in [0, 0.1) is 0 Å². The van der Waals surface area contributed by atoms with Gasteiger partial charge in [0.05, 0.1) is 34.4 Å². The van der Waals surface area contributed by atoms with Crippen molar-refractivity contribution in [3.05, 3.63) is 60.8 Å². The summed E-state index contributed by atoms with van der Waals surface area (Å²) in [5, 5.41) is 0. The topological polar surface area (TPSA) is 94.1 Å². The molecule has 2 unspecified atom stereocenters. The normalized spacial score (nSPS) is 13.8. The van der Waals surface area contributed by atoms with E-state index in [1.165, 1.54) is 193 Å². The molecule has 0 rings (SSSR count). The first kappa shape index (κ1) is 70.2. The van der Waals surface area contributed by atoms with Gasteiger partial charge < -0.3 is 27.9 Å². The number of phosphoric ester groups is 1. The number of rotatable bonds is 57. The van der Waals surface area contributed by atoms with Crippen LogP contribution < -0.4 is 4.89 Å². The summed E-state index contributed by atoms with van der Waals surface area (Å²) in [7, 11) is 1.36. The van der Waals surface area contributed by atoms with E-state index in [9.17, 15) is 14.3 Å². The molecular formula is C63H118NO7P. The van der Waals surface area contributed by atoms with Crippen LogP contribution in [0.4, 0.5) is 0 Å². The summed E-state index contributed by atoms with van der Waals surface area (Å²) in [6, 6.07) is 0. The summed E-state index contributed by atoms with van der Waals surface area (Å²) in [4.78, 5) is 25.3. The quantitative estimate of drug-likeness (QED) is 0.0197. The Labute approximate surface area is 447 Å². The first-order valence-corrected chi connectivity index (χ1v) is 32.0. The molecule has 0 amide bonds. The minimum absolute atomic E-state index is 0.0250. The maximum atomic E-state index is 12.8. The maximum Gasteiger partial charge on any atom is 0.306 e. The SMILES string of the molecule is CC/C=C\C/C=C\C/C=C\C/C=C\C/C=C\CCCCCCCCCCCCOCC(COP(=O)([O-])OCC[N+](C)(C)C)OC(=O)CCCCCCCCCCCCCCCCCCCCCCCCCC. The average Bonchev–Trinajstić information content (AvgIpc) is 3.34. The molecule has 9 heteroatoms. The van der Waals surface area contributed by atoms with Gasteiger partial charge in [-0.1, -0.05) is 274 Å². The molecule has 2 atom stereocenters. The summed E-state index contributed by atoms with van der Waals surface area (Å²) in [5.74, 6) is -0.331. The number of hydrogen-bond donors (Lipinski definition) is 0. The van der Waals surface area contributed by atoms with E-state index >= 15 is 0 Å². The lowest BCUT2D eigenvalue weighted by molar-refractivity contribution is -0.870. The number of nitrogens with zero attached hydrogens (tertiary/aromatic N) is 1. The summed E-state index contributed by atoms with van der Waals surface area (Å²) in [5.41, 5.74) is 0. The van der Waals surface area contributed by atoms with E-state index in [0.717, 1.165) is 64.2 Å². The highest BCUT2D eigenvalue weighted by molar-refractivity contribution is 7.45. The van der Waals surface area contributed by atoms with Gasteiger partial charge in [-0.05, 0) is 57.8 Å². The first-order chi connectivity index (χ1) is 35.1. The number of hydrogen-bond acceptors (Lipinski definition) is 7. The van der Waals surface area contributed by atoms with E-state index in [2.05, 4.69) is 74.6 Å². The van der Waals surface area contributed by atoms with Gasteiger partial charge in [-0.25, -0.2) is 0 Å². The first-order valence-electron chi connectivity index (χ1n) is 30.5. The molecule has 0 aromatic rings. The number of quaternary nitrogens is 1. The second-order valence-electron chi connectivity index (χ2n) is 21.7. The van der Waals surface area contributed by atoms with Crippen LogP contribution in [0.2, 0.25) is 0 Å². The maximum absolute atomic E-state index is 12.8. The molecule has 0 N–H and O–H groups in total. The molecule has 0 aromatic heterocycles.